The Hall–Kier alpha value is -4.18. The molecule has 0 saturated heterocycles. The minimum Gasteiger partial charge on any atom is -0.491 e. The van der Waals surface area contributed by atoms with Crippen LogP contribution in [0.1, 0.15) is 58.7 Å². The van der Waals surface area contributed by atoms with E-state index in [2.05, 4.69) is 5.32 Å². The van der Waals surface area contributed by atoms with Crippen LogP contribution < -0.4 is 14.8 Å². The molecule has 3 rings (SSSR count). The van der Waals surface area contributed by atoms with Gasteiger partial charge in [0.25, 0.3) is 5.91 Å². The van der Waals surface area contributed by atoms with E-state index in [4.69, 9.17) is 31.2 Å². The molecule has 10 heteroatoms. The molecule has 0 saturated carbocycles. The molecule has 1 aliphatic rings. The maximum atomic E-state index is 14.1. The van der Waals surface area contributed by atoms with Crippen LogP contribution in [0.2, 0.25) is 0 Å². The molecule has 0 radical (unpaired) electrons. The number of carbonyl (C=O) groups is 3. The third-order valence-corrected chi connectivity index (χ3v) is 6.32. The van der Waals surface area contributed by atoms with Crippen molar-refractivity contribution in [2.75, 3.05) is 19.8 Å². The van der Waals surface area contributed by atoms with Crippen LogP contribution in [0, 0.1) is 0 Å². The molecule has 1 heterocycles. The fraction of sp³-hybridized carbons (Fsp3) is 0.355. The molecule has 0 aromatic heterocycles. The summed E-state index contributed by atoms with van der Waals surface area (Å²) in [6, 6.07) is 13.3. The lowest BCUT2D eigenvalue weighted by Crippen LogP contribution is -2.51. The standard InChI is InChI=1S/C31H36N2O7S/c1-7-37-26(34)18-39-24-15-11-9-13-22(24)17-20(5)29(35)33-28(23-14-10-12-16-25(23)40-19(3)4)27(30(36)38-8-2)21(6)32-31(33)41/h9-17,19,28H,7-8,18H2,1-6H3,(H,32,41)/b20-17+/t28-/m1/s1. The summed E-state index contributed by atoms with van der Waals surface area (Å²) in [7, 11) is 0. The van der Waals surface area contributed by atoms with Gasteiger partial charge in [-0.1, -0.05) is 36.4 Å². The van der Waals surface area contributed by atoms with E-state index in [-0.39, 0.29) is 36.6 Å². The highest BCUT2D eigenvalue weighted by molar-refractivity contribution is 7.80. The smallest absolute Gasteiger partial charge is 0.344 e. The number of hydrogen-bond donors (Lipinski definition) is 1. The van der Waals surface area contributed by atoms with Crippen molar-refractivity contribution in [2.24, 2.45) is 0 Å². The number of benzene rings is 2. The Morgan fingerprint density at radius 1 is 1.00 bits per heavy atom. The molecule has 41 heavy (non-hydrogen) atoms. The van der Waals surface area contributed by atoms with E-state index in [0.717, 1.165) is 0 Å². The second-order valence-electron chi connectivity index (χ2n) is 9.43. The van der Waals surface area contributed by atoms with E-state index >= 15 is 0 Å². The minimum absolute atomic E-state index is 0.129. The van der Waals surface area contributed by atoms with Crippen LogP contribution in [0.5, 0.6) is 11.5 Å². The molecule has 1 amide bonds. The highest BCUT2D eigenvalue weighted by Gasteiger charge is 2.41. The molecule has 0 aliphatic carbocycles. The lowest BCUT2D eigenvalue weighted by molar-refractivity contribution is -0.145. The number of para-hydroxylation sites is 2. The van der Waals surface area contributed by atoms with E-state index < -0.39 is 23.9 Å². The molecule has 1 atom stereocenters. The number of thiocarbonyl (C=S) groups is 1. The van der Waals surface area contributed by atoms with Crippen LogP contribution in [-0.2, 0) is 23.9 Å². The molecule has 2 aromatic rings. The molecule has 0 fully saturated rings. The van der Waals surface area contributed by atoms with Crippen molar-refractivity contribution < 1.29 is 33.3 Å². The Balaban J connectivity index is 2.09. The van der Waals surface area contributed by atoms with Crippen molar-refractivity contribution in [1.82, 2.24) is 10.2 Å². The van der Waals surface area contributed by atoms with Gasteiger partial charge in [-0.2, -0.15) is 0 Å². The highest BCUT2D eigenvalue weighted by atomic mass is 32.1. The van der Waals surface area contributed by atoms with Crippen molar-refractivity contribution in [2.45, 2.75) is 53.7 Å². The van der Waals surface area contributed by atoms with Crippen LogP contribution in [0.3, 0.4) is 0 Å². The SMILES string of the molecule is CCOC(=O)COc1ccccc1/C=C(\C)C(=O)N1C(=S)NC(C)=C(C(=O)OCC)[C@H]1c1ccccc1OC(C)C. The summed E-state index contributed by atoms with van der Waals surface area (Å²) in [5, 5.41) is 3.13. The van der Waals surface area contributed by atoms with Gasteiger partial charge >= 0.3 is 11.9 Å². The molecule has 1 N–H and O–H groups in total. The minimum atomic E-state index is -0.913. The van der Waals surface area contributed by atoms with Crippen LogP contribution in [-0.4, -0.2) is 53.8 Å². The van der Waals surface area contributed by atoms with Crippen LogP contribution in [0.4, 0.5) is 0 Å². The summed E-state index contributed by atoms with van der Waals surface area (Å²) < 4.78 is 22.1. The van der Waals surface area contributed by atoms with Crippen molar-refractivity contribution in [3.63, 3.8) is 0 Å². The van der Waals surface area contributed by atoms with Gasteiger partial charge in [0.1, 0.15) is 17.5 Å². The van der Waals surface area contributed by atoms with Gasteiger partial charge in [-0.3, -0.25) is 9.69 Å². The number of nitrogens with zero attached hydrogens (tertiary/aromatic N) is 1. The summed E-state index contributed by atoms with van der Waals surface area (Å²) in [6.45, 7) is 10.7. The molecule has 2 aromatic carbocycles. The van der Waals surface area contributed by atoms with Gasteiger partial charge in [0.2, 0.25) is 0 Å². The molecule has 1 aliphatic heterocycles. The third-order valence-electron chi connectivity index (χ3n) is 6.02. The van der Waals surface area contributed by atoms with Gasteiger partial charge in [0, 0.05) is 22.4 Å². The molecule has 0 bridgehead atoms. The number of nitrogens with one attached hydrogen (secondary N) is 1. The van der Waals surface area contributed by atoms with Crippen molar-refractivity contribution in [3.8, 4) is 11.5 Å². The van der Waals surface area contributed by atoms with Crippen LogP contribution in [0.15, 0.2) is 65.4 Å². The topological polar surface area (TPSA) is 103 Å². The van der Waals surface area contributed by atoms with E-state index in [0.29, 0.717) is 33.9 Å². The second kappa shape index (κ2) is 14.5. The highest BCUT2D eigenvalue weighted by Crippen LogP contribution is 2.40. The number of rotatable bonds is 11. The predicted molar refractivity (Wildman–Crippen MR) is 159 cm³/mol. The molecule has 0 unspecified atom stereocenters. The lowest BCUT2D eigenvalue weighted by Gasteiger charge is -2.39. The number of amides is 1. The van der Waals surface area contributed by atoms with E-state index in [9.17, 15) is 14.4 Å². The fourth-order valence-electron chi connectivity index (χ4n) is 4.34. The first kappa shape index (κ1) is 31.3. The first-order valence-corrected chi connectivity index (χ1v) is 13.8. The number of hydrogen-bond acceptors (Lipinski definition) is 8. The van der Waals surface area contributed by atoms with E-state index in [1.165, 1.54) is 4.90 Å². The summed E-state index contributed by atoms with van der Waals surface area (Å²) in [5.74, 6) is -0.586. The summed E-state index contributed by atoms with van der Waals surface area (Å²) >= 11 is 5.66. The first-order valence-electron chi connectivity index (χ1n) is 13.4. The fourth-order valence-corrected chi connectivity index (χ4v) is 4.68. The Morgan fingerprint density at radius 2 is 1.63 bits per heavy atom. The molecular weight excluding hydrogens is 544 g/mol. The molecule has 9 nitrogen and oxygen atoms in total. The molecule has 218 valence electrons. The molecular formula is C31H36N2O7S. The monoisotopic (exact) mass is 580 g/mol. The van der Waals surface area contributed by atoms with Gasteiger partial charge in [-0.25, -0.2) is 9.59 Å². The maximum absolute atomic E-state index is 14.1. The zero-order chi connectivity index (χ0) is 30.1. The van der Waals surface area contributed by atoms with Gasteiger partial charge in [-0.05, 0) is 72.0 Å². The quantitative estimate of drug-likeness (QED) is 0.221. The zero-order valence-corrected chi connectivity index (χ0v) is 25.0. The lowest BCUT2D eigenvalue weighted by atomic mass is 9.92. The summed E-state index contributed by atoms with van der Waals surface area (Å²) in [5.41, 5.74) is 2.22. The van der Waals surface area contributed by atoms with Crippen LogP contribution >= 0.6 is 12.2 Å². The number of carbonyl (C=O) groups excluding carboxylic acids is 3. The summed E-state index contributed by atoms with van der Waals surface area (Å²) in [6.07, 6.45) is 1.49. The Bertz CT molecular complexity index is 1370. The normalized spacial score (nSPS) is 15.4. The summed E-state index contributed by atoms with van der Waals surface area (Å²) in [4.78, 5) is 40.6. The van der Waals surface area contributed by atoms with Gasteiger partial charge in [0.05, 0.1) is 24.9 Å². The Labute approximate surface area is 246 Å². The van der Waals surface area contributed by atoms with Crippen molar-refractivity contribution in [1.29, 1.82) is 0 Å². The predicted octanol–water partition coefficient (Wildman–Crippen LogP) is 5.11. The Kier molecular flexibility index (Phi) is 11.0. The van der Waals surface area contributed by atoms with Crippen LogP contribution in [0.25, 0.3) is 6.08 Å². The first-order chi connectivity index (χ1) is 19.6. The maximum Gasteiger partial charge on any atom is 0.344 e. The average molecular weight is 581 g/mol. The van der Waals surface area contributed by atoms with Crippen molar-refractivity contribution in [3.05, 3.63) is 76.5 Å². The second-order valence-corrected chi connectivity index (χ2v) is 9.82. The Morgan fingerprint density at radius 3 is 2.29 bits per heavy atom. The number of ether oxygens (including phenoxy) is 4. The largest absolute Gasteiger partial charge is 0.491 e. The van der Waals surface area contributed by atoms with Crippen molar-refractivity contribution >= 4 is 41.3 Å². The van der Waals surface area contributed by atoms with Gasteiger partial charge in [0.15, 0.2) is 11.7 Å². The average Bonchev–Trinajstić information content (AvgIpc) is 2.92. The van der Waals surface area contributed by atoms with E-state index in [1.807, 2.05) is 26.0 Å². The number of allylic oxidation sites excluding steroid dienone is 1. The number of esters is 2. The zero-order valence-electron chi connectivity index (χ0n) is 24.2. The third kappa shape index (κ3) is 7.73. The van der Waals surface area contributed by atoms with Gasteiger partial charge < -0.3 is 24.3 Å². The van der Waals surface area contributed by atoms with E-state index in [1.54, 1.807) is 70.2 Å². The molecule has 0 spiro atoms. The van der Waals surface area contributed by atoms with Gasteiger partial charge in [-0.15, -0.1) is 0 Å².